The lowest BCUT2D eigenvalue weighted by molar-refractivity contribution is 0.0243. The van der Waals surface area contributed by atoms with Crippen LogP contribution in [-0.4, -0.2) is 44.5 Å². The lowest BCUT2D eigenvalue weighted by Gasteiger charge is -2.38. The molecule has 0 heterocycles. The fraction of sp³-hybridized carbons (Fsp3) is 0.429. The monoisotopic (exact) mass is 302 g/mol. The Hall–Kier alpha value is -1.42. The van der Waals surface area contributed by atoms with Crippen LogP contribution in [0.15, 0.2) is 24.3 Å². The van der Waals surface area contributed by atoms with Gasteiger partial charge in [0.1, 0.15) is 10.8 Å². The number of nitrogens with one attached hydrogen (secondary N) is 1. The summed E-state index contributed by atoms with van der Waals surface area (Å²) < 4.78 is 5.24. The van der Waals surface area contributed by atoms with E-state index in [1.807, 2.05) is 0 Å². The molecule has 1 amide bonds. The maximum atomic E-state index is 12.0. The summed E-state index contributed by atoms with van der Waals surface area (Å²) in [5.74, 6) is 0. The quantitative estimate of drug-likeness (QED) is 0.689. The zero-order valence-electron chi connectivity index (χ0n) is 12.6. The second-order valence-corrected chi connectivity index (χ2v) is 6.13. The molecule has 21 heavy (non-hydrogen) atoms. The lowest BCUT2D eigenvalue weighted by atomic mass is 9.57. The number of amides is 1. The van der Waals surface area contributed by atoms with Crippen molar-refractivity contribution in [2.45, 2.75) is 31.7 Å². The lowest BCUT2D eigenvalue weighted by Crippen LogP contribution is -2.49. The normalized spacial score (nSPS) is 11.9. The van der Waals surface area contributed by atoms with Gasteiger partial charge in [0.2, 0.25) is 0 Å². The highest BCUT2D eigenvalue weighted by molar-refractivity contribution is 6.68. The summed E-state index contributed by atoms with van der Waals surface area (Å²) in [5.41, 5.74) is 0.396. The molecule has 7 heteroatoms. The molecule has 1 rings (SSSR count). The number of hydrogen-bond donors (Lipinski definition) is 1. The molecule has 1 aromatic rings. The smallest absolute Gasteiger partial charge is 0.409 e. The Morgan fingerprint density at radius 1 is 1.24 bits per heavy atom. The van der Waals surface area contributed by atoms with Crippen LogP contribution in [0, 0.1) is 5.41 Å². The maximum absolute atomic E-state index is 12.0. The summed E-state index contributed by atoms with van der Waals surface area (Å²) in [6, 6.07) is 6.46. The molecule has 0 saturated carbocycles. The molecule has 4 radical (unpaired) electrons. The summed E-state index contributed by atoms with van der Waals surface area (Å²) in [5, 5.41) is 5.72. The molecule has 0 unspecified atom stereocenters. The van der Waals surface area contributed by atoms with Gasteiger partial charge in [-0.15, -0.1) is 0 Å². The first-order valence-corrected chi connectivity index (χ1v) is 6.72. The van der Waals surface area contributed by atoms with Crippen LogP contribution in [0.3, 0.4) is 0 Å². The van der Waals surface area contributed by atoms with Crippen LogP contribution >= 0.6 is 11.6 Å². The van der Waals surface area contributed by atoms with Crippen LogP contribution in [0.1, 0.15) is 31.9 Å². The van der Waals surface area contributed by atoms with Crippen LogP contribution in [0.4, 0.5) is 4.79 Å². The minimum Gasteiger partial charge on any atom is -0.444 e. The molecule has 0 atom stereocenters. The van der Waals surface area contributed by atoms with E-state index in [2.05, 4.69) is 0 Å². The molecule has 0 aromatic heterocycles. The van der Waals surface area contributed by atoms with E-state index in [1.54, 1.807) is 45.0 Å². The Morgan fingerprint density at radius 2 is 1.71 bits per heavy atom. The van der Waals surface area contributed by atoms with Crippen molar-refractivity contribution in [3.8, 4) is 0 Å². The van der Waals surface area contributed by atoms with E-state index in [0.29, 0.717) is 11.1 Å². The molecule has 0 aliphatic rings. The highest BCUT2D eigenvalue weighted by Crippen LogP contribution is 2.23. The Kier molecular flexibility index (Phi) is 5.16. The van der Waals surface area contributed by atoms with Crippen LogP contribution in [-0.2, 0) is 10.1 Å². The minimum absolute atomic E-state index is 0.0818. The van der Waals surface area contributed by atoms with E-state index in [9.17, 15) is 4.79 Å². The minimum atomic E-state index is -1.53. The molecule has 0 saturated heterocycles. The van der Waals surface area contributed by atoms with E-state index >= 15 is 0 Å². The average molecular weight is 302 g/mol. The highest BCUT2D eigenvalue weighted by Gasteiger charge is 2.31. The summed E-state index contributed by atoms with van der Waals surface area (Å²) in [6.45, 7) is 5.27. The van der Waals surface area contributed by atoms with E-state index in [-0.39, 0.29) is 5.17 Å². The largest absolute Gasteiger partial charge is 0.444 e. The average Bonchev–Trinajstić information content (AvgIpc) is 2.35. The van der Waals surface area contributed by atoms with Crippen molar-refractivity contribution in [1.29, 1.82) is 5.41 Å². The van der Waals surface area contributed by atoms with Crippen molar-refractivity contribution >= 4 is 38.6 Å². The third kappa shape index (κ3) is 4.53. The van der Waals surface area contributed by atoms with Crippen LogP contribution < -0.4 is 0 Å². The molecule has 108 valence electrons. The van der Waals surface area contributed by atoms with Gasteiger partial charge in [-0.2, -0.15) is 0 Å². The van der Waals surface area contributed by atoms with E-state index < -0.39 is 17.0 Å². The number of nitrogens with zero attached hydrogens (tertiary/aromatic N) is 1. The van der Waals surface area contributed by atoms with E-state index in [4.69, 9.17) is 37.4 Å². The zero-order valence-corrected chi connectivity index (χ0v) is 13.4. The predicted octanol–water partition coefficient (Wildman–Crippen LogP) is 2.56. The number of carbonyl (C=O) groups excluding carboxylic acids is 1. The van der Waals surface area contributed by atoms with Gasteiger partial charge in [0.15, 0.2) is 0 Å². The third-order valence-electron chi connectivity index (χ3n) is 2.82. The molecule has 0 fully saturated rings. The SMILES string of the molecule is [B]C([B])(c1ccc(C(=N)Cl)cc1)N(C)C(=O)OC(C)(C)C. The second-order valence-electron chi connectivity index (χ2n) is 5.76. The summed E-state index contributed by atoms with van der Waals surface area (Å²) in [6.07, 6.45) is -0.623. The Labute approximate surface area is 133 Å². The van der Waals surface area contributed by atoms with Gasteiger partial charge in [-0.25, -0.2) is 4.79 Å². The van der Waals surface area contributed by atoms with Gasteiger partial charge in [-0.05, 0) is 31.7 Å². The van der Waals surface area contributed by atoms with Crippen molar-refractivity contribution in [2.24, 2.45) is 0 Å². The second kappa shape index (κ2) is 6.14. The fourth-order valence-corrected chi connectivity index (χ4v) is 1.68. The van der Waals surface area contributed by atoms with Gasteiger partial charge in [0, 0.05) is 12.6 Å². The topological polar surface area (TPSA) is 53.4 Å². The van der Waals surface area contributed by atoms with Crippen molar-refractivity contribution in [3.63, 3.8) is 0 Å². The van der Waals surface area contributed by atoms with Gasteiger partial charge < -0.3 is 9.64 Å². The van der Waals surface area contributed by atoms with Gasteiger partial charge >= 0.3 is 6.09 Å². The summed E-state index contributed by atoms with van der Waals surface area (Å²) in [7, 11) is 13.6. The molecular formula is C14H17B2ClN2O2. The first kappa shape index (κ1) is 17.6. The number of hydrogen-bond acceptors (Lipinski definition) is 3. The van der Waals surface area contributed by atoms with Crippen LogP contribution in [0.25, 0.3) is 0 Å². The van der Waals surface area contributed by atoms with Gasteiger partial charge in [0.25, 0.3) is 0 Å². The van der Waals surface area contributed by atoms with E-state index in [1.165, 1.54) is 7.05 Å². The Bertz CT molecular complexity index is 539. The van der Waals surface area contributed by atoms with Crippen molar-refractivity contribution in [1.82, 2.24) is 4.90 Å². The molecule has 0 bridgehead atoms. The van der Waals surface area contributed by atoms with Crippen LogP contribution in [0.2, 0.25) is 0 Å². The number of halogens is 1. The standard InChI is InChI=1S/C14H17B2ClN2O2/c1-13(2,3)21-12(20)19(4)14(15,16)10-7-5-9(6-8-10)11(17)18/h5-8,18H,1-4H3. The fourth-order valence-electron chi connectivity index (χ4n) is 1.56. The van der Waals surface area contributed by atoms with Crippen LogP contribution in [0.5, 0.6) is 0 Å². The van der Waals surface area contributed by atoms with Gasteiger partial charge in [-0.3, -0.25) is 5.41 Å². The molecular weight excluding hydrogens is 285 g/mol. The summed E-state index contributed by atoms with van der Waals surface area (Å²) >= 11 is 5.59. The molecule has 0 spiro atoms. The number of rotatable bonds is 3. The molecule has 4 nitrogen and oxygen atoms in total. The predicted molar refractivity (Wildman–Crippen MR) is 86.3 cm³/mol. The number of benzene rings is 1. The Morgan fingerprint density at radius 3 is 2.10 bits per heavy atom. The highest BCUT2D eigenvalue weighted by atomic mass is 35.5. The number of carbonyl (C=O) groups is 1. The third-order valence-corrected chi connectivity index (χ3v) is 3.04. The van der Waals surface area contributed by atoms with E-state index in [0.717, 1.165) is 4.90 Å². The Balaban J connectivity index is 2.98. The van der Waals surface area contributed by atoms with Crippen molar-refractivity contribution in [2.75, 3.05) is 7.05 Å². The van der Waals surface area contributed by atoms with Gasteiger partial charge in [0.05, 0.1) is 15.7 Å². The maximum Gasteiger partial charge on any atom is 0.409 e. The first-order valence-electron chi connectivity index (χ1n) is 6.34. The molecule has 0 aliphatic heterocycles. The molecule has 0 aliphatic carbocycles. The molecule has 1 aromatic carbocycles. The van der Waals surface area contributed by atoms with Crippen molar-refractivity contribution < 1.29 is 9.53 Å². The zero-order chi connectivity index (χ0) is 16.4. The molecule has 1 N–H and O–H groups in total. The van der Waals surface area contributed by atoms with Crippen molar-refractivity contribution in [3.05, 3.63) is 35.4 Å². The van der Waals surface area contributed by atoms with Gasteiger partial charge in [-0.1, -0.05) is 35.9 Å². The first-order chi connectivity index (χ1) is 9.45. The summed E-state index contributed by atoms with van der Waals surface area (Å²) in [4.78, 5) is 13.2. The number of ether oxygens (including phenoxy) is 1.